The molecular weight excluding hydrogens is 290 g/mol. The molecule has 0 amide bonds. The Kier molecular flexibility index (Phi) is 3.36. The van der Waals surface area contributed by atoms with Gasteiger partial charge in [0.2, 0.25) is 0 Å². The highest BCUT2D eigenvalue weighted by Crippen LogP contribution is 2.29. The molecular formula is C17H19N5O. The SMILES string of the molecule is CN1CCn2ncc(-c3ccc4c(c3)C(CN)=NCC4=O)c2C1. The minimum absolute atomic E-state index is 0.0560. The summed E-state index contributed by atoms with van der Waals surface area (Å²) >= 11 is 0. The van der Waals surface area contributed by atoms with Crippen LogP contribution in [-0.4, -0.2) is 52.9 Å². The van der Waals surface area contributed by atoms with Crippen molar-refractivity contribution in [2.45, 2.75) is 13.1 Å². The molecule has 118 valence electrons. The highest BCUT2D eigenvalue weighted by Gasteiger charge is 2.23. The maximum Gasteiger partial charge on any atom is 0.184 e. The summed E-state index contributed by atoms with van der Waals surface area (Å²) in [7, 11) is 2.12. The Labute approximate surface area is 134 Å². The van der Waals surface area contributed by atoms with Crippen LogP contribution in [0.25, 0.3) is 11.1 Å². The number of carbonyl (C=O) groups excluding carboxylic acids is 1. The quantitative estimate of drug-likeness (QED) is 0.896. The summed E-state index contributed by atoms with van der Waals surface area (Å²) in [6, 6.07) is 5.93. The molecule has 6 nitrogen and oxygen atoms in total. The van der Waals surface area contributed by atoms with E-state index in [9.17, 15) is 4.79 Å². The Morgan fingerprint density at radius 2 is 2.09 bits per heavy atom. The molecule has 0 saturated heterocycles. The van der Waals surface area contributed by atoms with E-state index in [2.05, 4.69) is 26.7 Å². The summed E-state index contributed by atoms with van der Waals surface area (Å²) in [6.45, 7) is 3.34. The van der Waals surface area contributed by atoms with Crippen molar-refractivity contribution in [2.24, 2.45) is 10.7 Å². The van der Waals surface area contributed by atoms with Gasteiger partial charge in [-0.25, -0.2) is 0 Å². The third kappa shape index (κ3) is 2.31. The van der Waals surface area contributed by atoms with E-state index >= 15 is 0 Å². The van der Waals surface area contributed by atoms with Crippen LogP contribution in [0.15, 0.2) is 29.4 Å². The van der Waals surface area contributed by atoms with E-state index in [0.29, 0.717) is 6.54 Å². The smallest absolute Gasteiger partial charge is 0.184 e. The number of hydrogen-bond donors (Lipinski definition) is 1. The molecule has 1 aromatic heterocycles. The average molecular weight is 309 g/mol. The number of carbonyl (C=O) groups is 1. The predicted octanol–water partition coefficient (Wildman–Crippen LogP) is 0.940. The number of hydrogen-bond acceptors (Lipinski definition) is 5. The van der Waals surface area contributed by atoms with Gasteiger partial charge in [0.25, 0.3) is 0 Å². The molecule has 0 unspecified atom stereocenters. The third-order valence-corrected chi connectivity index (χ3v) is 4.61. The lowest BCUT2D eigenvalue weighted by atomic mass is 9.92. The van der Waals surface area contributed by atoms with E-state index in [0.717, 1.165) is 47.6 Å². The van der Waals surface area contributed by atoms with Gasteiger partial charge in [-0.15, -0.1) is 0 Å². The second-order valence-corrected chi connectivity index (χ2v) is 6.12. The van der Waals surface area contributed by atoms with E-state index in [1.807, 2.05) is 24.4 Å². The number of fused-ring (bicyclic) bond motifs is 2. The summed E-state index contributed by atoms with van der Waals surface area (Å²) in [5.41, 5.74) is 11.6. The molecule has 0 fully saturated rings. The van der Waals surface area contributed by atoms with Crippen molar-refractivity contribution in [3.8, 4) is 11.1 Å². The molecule has 0 atom stereocenters. The zero-order valence-corrected chi connectivity index (χ0v) is 13.1. The lowest BCUT2D eigenvalue weighted by molar-refractivity contribution is 0.1000. The highest BCUT2D eigenvalue weighted by atomic mass is 16.1. The van der Waals surface area contributed by atoms with Gasteiger partial charge in [-0.3, -0.25) is 19.4 Å². The fourth-order valence-electron chi connectivity index (χ4n) is 3.32. The number of nitrogens with two attached hydrogens (primary N) is 1. The number of rotatable bonds is 2. The van der Waals surface area contributed by atoms with Gasteiger partial charge in [-0.2, -0.15) is 5.10 Å². The van der Waals surface area contributed by atoms with Gasteiger partial charge in [0, 0.05) is 36.3 Å². The number of Topliss-reactive ketones (excluding diaryl/α,β-unsaturated/α-hetero) is 1. The van der Waals surface area contributed by atoms with Gasteiger partial charge in [-0.1, -0.05) is 12.1 Å². The summed E-state index contributed by atoms with van der Waals surface area (Å²) in [5.74, 6) is 0.0560. The van der Waals surface area contributed by atoms with E-state index in [1.54, 1.807) is 0 Å². The number of nitrogens with zero attached hydrogens (tertiary/aromatic N) is 4. The maximum absolute atomic E-state index is 12.0. The van der Waals surface area contributed by atoms with Gasteiger partial charge in [0.15, 0.2) is 5.78 Å². The second-order valence-electron chi connectivity index (χ2n) is 6.12. The fraction of sp³-hybridized carbons (Fsp3) is 0.353. The van der Waals surface area contributed by atoms with Crippen LogP contribution in [0.5, 0.6) is 0 Å². The predicted molar refractivity (Wildman–Crippen MR) is 88.8 cm³/mol. The molecule has 3 heterocycles. The molecule has 0 saturated carbocycles. The van der Waals surface area contributed by atoms with Crippen molar-refractivity contribution in [3.05, 3.63) is 41.2 Å². The lowest BCUT2D eigenvalue weighted by Crippen LogP contribution is -2.30. The van der Waals surface area contributed by atoms with E-state index in [1.165, 1.54) is 5.69 Å². The first kappa shape index (κ1) is 14.3. The van der Waals surface area contributed by atoms with E-state index in [4.69, 9.17) is 5.73 Å². The molecule has 2 N–H and O–H groups in total. The Morgan fingerprint density at radius 1 is 1.22 bits per heavy atom. The standard InChI is InChI=1S/C17H19N5O/c1-21-4-5-22-16(10-21)14(8-20-22)11-2-3-12-13(6-11)15(7-18)19-9-17(12)23/h2-3,6,8H,4-5,7,9-10,18H2,1H3. The van der Waals surface area contributed by atoms with Crippen LogP contribution in [0.1, 0.15) is 21.6 Å². The second kappa shape index (κ2) is 5.40. The number of benzene rings is 1. The first-order valence-electron chi connectivity index (χ1n) is 7.82. The van der Waals surface area contributed by atoms with Crippen molar-refractivity contribution >= 4 is 11.5 Å². The molecule has 2 aromatic rings. The van der Waals surface area contributed by atoms with Gasteiger partial charge < -0.3 is 5.73 Å². The average Bonchev–Trinajstić information content (AvgIpc) is 2.98. The molecule has 4 rings (SSSR count). The Balaban J connectivity index is 1.82. The van der Waals surface area contributed by atoms with Crippen molar-refractivity contribution in [3.63, 3.8) is 0 Å². The molecule has 2 aliphatic rings. The summed E-state index contributed by atoms with van der Waals surface area (Å²) < 4.78 is 2.07. The van der Waals surface area contributed by atoms with Gasteiger partial charge in [-0.05, 0) is 18.7 Å². The molecule has 0 bridgehead atoms. The van der Waals surface area contributed by atoms with E-state index in [-0.39, 0.29) is 12.3 Å². The lowest BCUT2D eigenvalue weighted by Gasteiger charge is -2.24. The first-order chi connectivity index (χ1) is 11.2. The Bertz CT molecular complexity index is 820. The maximum atomic E-state index is 12.0. The number of ketones is 1. The first-order valence-corrected chi connectivity index (χ1v) is 7.82. The van der Waals surface area contributed by atoms with Gasteiger partial charge in [0.1, 0.15) is 6.54 Å². The van der Waals surface area contributed by atoms with Crippen molar-refractivity contribution in [1.29, 1.82) is 0 Å². The van der Waals surface area contributed by atoms with Crippen LogP contribution in [0.3, 0.4) is 0 Å². The molecule has 0 spiro atoms. The minimum Gasteiger partial charge on any atom is -0.325 e. The molecule has 23 heavy (non-hydrogen) atoms. The van der Waals surface area contributed by atoms with Crippen LogP contribution in [0, 0.1) is 0 Å². The molecule has 6 heteroatoms. The fourth-order valence-corrected chi connectivity index (χ4v) is 3.32. The minimum atomic E-state index is 0.0560. The largest absolute Gasteiger partial charge is 0.325 e. The third-order valence-electron chi connectivity index (χ3n) is 4.61. The van der Waals surface area contributed by atoms with Crippen molar-refractivity contribution in [1.82, 2.24) is 14.7 Å². The monoisotopic (exact) mass is 309 g/mol. The zero-order valence-electron chi connectivity index (χ0n) is 13.1. The number of aromatic nitrogens is 2. The number of likely N-dealkylation sites (N-methyl/N-ethyl adjacent to an activating group) is 1. The molecule has 1 aromatic carbocycles. The van der Waals surface area contributed by atoms with Crippen molar-refractivity contribution in [2.75, 3.05) is 26.7 Å². The van der Waals surface area contributed by atoms with Gasteiger partial charge in [0.05, 0.1) is 24.1 Å². The van der Waals surface area contributed by atoms with Crippen LogP contribution in [-0.2, 0) is 13.1 Å². The van der Waals surface area contributed by atoms with Crippen LogP contribution in [0.2, 0.25) is 0 Å². The number of aliphatic imine (C=N–C) groups is 1. The Morgan fingerprint density at radius 3 is 2.91 bits per heavy atom. The van der Waals surface area contributed by atoms with Gasteiger partial charge >= 0.3 is 0 Å². The molecule has 0 radical (unpaired) electrons. The Hall–Kier alpha value is -2.31. The summed E-state index contributed by atoms with van der Waals surface area (Å²) in [4.78, 5) is 18.6. The van der Waals surface area contributed by atoms with Crippen LogP contribution in [0.4, 0.5) is 0 Å². The molecule has 0 aliphatic carbocycles. The summed E-state index contributed by atoms with van der Waals surface area (Å²) in [6.07, 6.45) is 1.92. The van der Waals surface area contributed by atoms with Crippen molar-refractivity contribution < 1.29 is 4.79 Å². The summed E-state index contributed by atoms with van der Waals surface area (Å²) in [5, 5.41) is 4.50. The normalized spacial score (nSPS) is 17.7. The van der Waals surface area contributed by atoms with Crippen LogP contribution >= 0.6 is 0 Å². The van der Waals surface area contributed by atoms with E-state index < -0.39 is 0 Å². The highest BCUT2D eigenvalue weighted by molar-refractivity contribution is 6.16. The topological polar surface area (TPSA) is 76.5 Å². The zero-order chi connectivity index (χ0) is 16.0. The van der Waals surface area contributed by atoms with Crippen LogP contribution < -0.4 is 5.73 Å². The molecule has 2 aliphatic heterocycles.